The molecule has 4 rings (SSSR count). The summed E-state index contributed by atoms with van der Waals surface area (Å²) in [6, 6.07) is 4.07. The van der Waals surface area contributed by atoms with E-state index in [4.69, 9.17) is 4.74 Å². The number of nitrogens with zero attached hydrogens (tertiary/aromatic N) is 7. The van der Waals surface area contributed by atoms with Crippen LogP contribution in [0, 0.1) is 12.8 Å². The molecule has 1 aliphatic rings. The van der Waals surface area contributed by atoms with Gasteiger partial charge in [-0.2, -0.15) is 9.61 Å². The summed E-state index contributed by atoms with van der Waals surface area (Å²) in [6.45, 7) is 4.99. The molecular formula is C19H25N7O. The molecule has 0 spiro atoms. The second kappa shape index (κ2) is 7.38. The van der Waals surface area contributed by atoms with Crippen LogP contribution in [0.1, 0.15) is 18.5 Å². The van der Waals surface area contributed by atoms with Gasteiger partial charge in [0.2, 0.25) is 0 Å². The fourth-order valence-electron chi connectivity index (χ4n) is 3.79. The predicted molar refractivity (Wildman–Crippen MR) is 105 cm³/mol. The van der Waals surface area contributed by atoms with Gasteiger partial charge >= 0.3 is 0 Å². The van der Waals surface area contributed by atoms with Crippen LogP contribution in [-0.4, -0.2) is 58.4 Å². The van der Waals surface area contributed by atoms with E-state index in [0.717, 1.165) is 55.5 Å². The number of rotatable bonds is 5. The summed E-state index contributed by atoms with van der Waals surface area (Å²) in [5.41, 5.74) is 1.93. The zero-order chi connectivity index (χ0) is 18.8. The molecule has 1 saturated heterocycles. The van der Waals surface area contributed by atoms with Crippen molar-refractivity contribution in [3.63, 3.8) is 0 Å². The molecule has 3 aromatic heterocycles. The summed E-state index contributed by atoms with van der Waals surface area (Å²) in [5, 5.41) is 4.44. The number of aryl methyl sites for hydroxylation is 1. The lowest BCUT2D eigenvalue weighted by Gasteiger charge is -2.35. The molecule has 0 atom stereocenters. The lowest BCUT2D eigenvalue weighted by molar-refractivity contribution is 0.386. The van der Waals surface area contributed by atoms with Crippen molar-refractivity contribution in [3.05, 3.63) is 36.4 Å². The van der Waals surface area contributed by atoms with Gasteiger partial charge in [0, 0.05) is 56.9 Å². The molecule has 0 amide bonds. The zero-order valence-electron chi connectivity index (χ0n) is 16.0. The number of hydrogen-bond donors (Lipinski definition) is 0. The fraction of sp³-hybridized carbons (Fsp3) is 0.474. The third kappa shape index (κ3) is 3.51. The predicted octanol–water partition coefficient (Wildman–Crippen LogP) is 2.19. The Kier molecular flexibility index (Phi) is 4.79. The minimum Gasteiger partial charge on any atom is -0.478 e. The van der Waals surface area contributed by atoms with Crippen LogP contribution in [-0.2, 0) is 0 Å². The average molecular weight is 367 g/mol. The van der Waals surface area contributed by atoms with Gasteiger partial charge in [0.05, 0.1) is 13.3 Å². The first-order chi connectivity index (χ1) is 13.2. The first-order valence-corrected chi connectivity index (χ1v) is 9.28. The minimum absolute atomic E-state index is 0.575. The van der Waals surface area contributed by atoms with E-state index < -0.39 is 0 Å². The van der Waals surface area contributed by atoms with Crippen molar-refractivity contribution in [2.75, 3.05) is 43.6 Å². The summed E-state index contributed by atoms with van der Waals surface area (Å²) in [6.07, 6.45) is 7.41. The number of fused-ring (bicyclic) bond motifs is 1. The highest BCUT2D eigenvalue weighted by atomic mass is 16.5. The van der Waals surface area contributed by atoms with Gasteiger partial charge in [0.25, 0.3) is 5.88 Å². The van der Waals surface area contributed by atoms with Crippen LogP contribution in [0.15, 0.2) is 30.7 Å². The first-order valence-electron chi connectivity index (χ1n) is 9.28. The lowest BCUT2D eigenvalue weighted by atomic mass is 9.96. The smallest absolute Gasteiger partial charge is 0.257 e. The Morgan fingerprint density at radius 2 is 1.96 bits per heavy atom. The average Bonchev–Trinajstić information content (AvgIpc) is 3.16. The van der Waals surface area contributed by atoms with E-state index in [9.17, 15) is 0 Å². The minimum atomic E-state index is 0.575. The maximum Gasteiger partial charge on any atom is 0.257 e. The van der Waals surface area contributed by atoms with Gasteiger partial charge < -0.3 is 14.5 Å². The molecule has 0 bridgehead atoms. The zero-order valence-corrected chi connectivity index (χ0v) is 16.0. The van der Waals surface area contributed by atoms with Crippen LogP contribution < -0.4 is 14.5 Å². The summed E-state index contributed by atoms with van der Waals surface area (Å²) >= 11 is 0. The number of hydrogen-bond acceptors (Lipinski definition) is 7. The Morgan fingerprint density at radius 3 is 2.74 bits per heavy atom. The van der Waals surface area contributed by atoms with Crippen molar-refractivity contribution >= 4 is 17.3 Å². The summed E-state index contributed by atoms with van der Waals surface area (Å²) in [7, 11) is 3.69. The maximum atomic E-state index is 5.34. The second-order valence-corrected chi connectivity index (χ2v) is 7.06. The molecule has 0 saturated carbocycles. The Morgan fingerprint density at radius 1 is 1.19 bits per heavy atom. The highest BCUT2D eigenvalue weighted by molar-refractivity contribution is 5.51. The van der Waals surface area contributed by atoms with Crippen LogP contribution in [0.4, 0.5) is 11.6 Å². The topological polar surface area (TPSA) is 71.7 Å². The monoisotopic (exact) mass is 367 g/mol. The van der Waals surface area contributed by atoms with Gasteiger partial charge in [0.15, 0.2) is 11.5 Å². The number of aromatic nitrogens is 5. The second-order valence-electron chi connectivity index (χ2n) is 7.06. The van der Waals surface area contributed by atoms with Crippen LogP contribution in [0.3, 0.4) is 0 Å². The highest BCUT2D eigenvalue weighted by Crippen LogP contribution is 2.27. The molecule has 0 radical (unpaired) electrons. The number of methoxy groups -OCH3 is 1. The SMILES string of the molecule is COc1nccnc1N(C)CC1CCN(c2cc(C)nc3ccnn23)CC1. The van der Waals surface area contributed by atoms with Crippen molar-refractivity contribution in [2.45, 2.75) is 19.8 Å². The molecule has 8 heteroatoms. The van der Waals surface area contributed by atoms with Crippen molar-refractivity contribution in [3.8, 4) is 5.88 Å². The standard InChI is InChI=1S/C19H25N7O/c1-14-12-17(26-16(23-14)4-7-22-26)25-10-5-15(6-11-25)13-24(2)18-19(27-3)21-9-8-20-18/h4,7-9,12,15H,5-6,10-11,13H2,1-3H3. The van der Waals surface area contributed by atoms with E-state index in [1.54, 1.807) is 25.7 Å². The molecule has 4 heterocycles. The van der Waals surface area contributed by atoms with E-state index in [1.165, 1.54) is 0 Å². The molecule has 0 N–H and O–H groups in total. The summed E-state index contributed by atoms with van der Waals surface area (Å²) < 4.78 is 7.27. The van der Waals surface area contributed by atoms with Crippen molar-refractivity contribution < 1.29 is 4.74 Å². The molecule has 1 fully saturated rings. The van der Waals surface area contributed by atoms with Crippen LogP contribution in [0.5, 0.6) is 5.88 Å². The van der Waals surface area contributed by atoms with Gasteiger partial charge in [-0.3, -0.25) is 0 Å². The Bertz CT molecular complexity index is 917. The maximum absolute atomic E-state index is 5.34. The Balaban J connectivity index is 1.42. The highest BCUT2D eigenvalue weighted by Gasteiger charge is 2.24. The van der Waals surface area contributed by atoms with Crippen LogP contribution in [0.25, 0.3) is 5.65 Å². The third-order valence-electron chi connectivity index (χ3n) is 5.14. The number of piperidine rings is 1. The summed E-state index contributed by atoms with van der Waals surface area (Å²) in [4.78, 5) is 17.8. The largest absolute Gasteiger partial charge is 0.478 e. The van der Waals surface area contributed by atoms with Crippen molar-refractivity contribution in [1.82, 2.24) is 24.6 Å². The summed E-state index contributed by atoms with van der Waals surface area (Å²) in [5.74, 6) is 3.11. The van der Waals surface area contributed by atoms with Gasteiger partial charge in [-0.05, 0) is 25.7 Å². The van der Waals surface area contributed by atoms with Crippen LogP contribution >= 0.6 is 0 Å². The van der Waals surface area contributed by atoms with Crippen LogP contribution in [0.2, 0.25) is 0 Å². The number of ether oxygens (including phenoxy) is 1. The van der Waals surface area contributed by atoms with E-state index in [2.05, 4.69) is 43.0 Å². The molecule has 0 unspecified atom stereocenters. The molecule has 0 aliphatic carbocycles. The molecule has 142 valence electrons. The lowest BCUT2D eigenvalue weighted by Crippen LogP contribution is -2.39. The molecule has 8 nitrogen and oxygen atoms in total. The van der Waals surface area contributed by atoms with E-state index in [0.29, 0.717) is 11.8 Å². The third-order valence-corrected chi connectivity index (χ3v) is 5.14. The van der Waals surface area contributed by atoms with E-state index in [-0.39, 0.29) is 0 Å². The van der Waals surface area contributed by atoms with Gasteiger partial charge in [-0.25, -0.2) is 15.0 Å². The van der Waals surface area contributed by atoms with Gasteiger partial charge in [-0.15, -0.1) is 0 Å². The van der Waals surface area contributed by atoms with E-state index in [1.807, 2.05) is 17.5 Å². The quantitative estimate of drug-likeness (QED) is 0.684. The van der Waals surface area contributed by atoms with Crippen molar-refractivity contribution in [2.24, 2.45) is 5.92 Å². The molecular weight excluding hydrogens is 342 g/mol. The molecule has 1 aliphatic heterocycles. The van der Waals surface area contributed by atoms with Gasteiger partial charge in [0.1, 0.15) is 5.82 Å². The Labute approximate surface area is 158 Å². The van der Waals surface area contributed by atoms with Gasteiger partial charge in [-0.1, -0.05) is 0 Å². The van der Waals surface area contributed by atoms with E-state index >= 15 is 0 Å². The molecule has 0 aromatic carbocycles. The normalized spacial score (nSPS) is 15.3. The molecule has 3 aromatic rings. The number of anilines is 2. The fourth-order valence-corrected chi connectivity index (χ4v) is 3.79. The molecule has 27 heavy (non-hydrogen) atoms. The first kappa shape index (κ1) is 17.5. The Hall–Kier alpha value is -2.90. The van der Waals surface area contributed by atoms with Crippen molar-refractivity contribution in [1.29, 1.82) is 0 Å².